The van der Waals surface area contributed by atoms with Gasteiger partial charge >= 0.3 is 0 Å². The van der Waals surface area contributed by atoms with E-state index in [9.17, 15) is 49.2 Å². The molecule has 0 aromatic heterocycles. The molecule has 32 heteroatoms. The van der Waals surface area contributed by atoms with Gasteiger partial charge < -0.3 is 46.7 Å². The zero-order chi connectivity index (χ0) is 102. The lowest BCUT2D eigenvalue weighted by Gasteiger charge is -2.30. The molecule has 0 radical (unpaired) electrons. The van der Waals surface area contributed by atoms with Crippen molar-refractivity contribution in [2.45, 2.75) is 195 Å². The fourth-order valence-corrected chi connectivity index (χ4v) is 23.5. The molecule has 3 heterocycles. The van der Waals surface area contributed by atoms with Gasteiger partial charge in [0, 0.05) is 128 Å². The number of unbranched alkanes of at least 4 members (excludes halogenated alkanes) is 3. The zero-order valence-corrected chi connectivity index (χ0v) is 89.5. The first kappa shape index (κ1) is 113. The molecule has 0 saturated carbocycles. The molecule has 0 spiro atoms. The number of nitrogens with one attached hydrogen (secondary N) is 7. The summed E-state index contributed by atoms with van der Waals surface area (Å²) < 4.78 is 91.7. The quantitative estimate of drug-likeness (QED) is 0.0109. The topological polar surface area (TPSA) is 300 Å². The summed E-state index contributed by atoms with van der Waals surface area (Å²) in [4.78, 5) is 66.1. The minimum absolute atomic E-state index is 0.0397. The Bertz CT molecular complexity index is 6360. The van der Waals surface area contributed by atoms with E-state index < -0.39 is 41.9 Å². The number of fused-ring (bicyclic) bond motifs is 3. The van der Waals surface area contributed by atoms with E-state index in [-0.39, 0.29) is 39.2 Å². The minimum Gasteiger partial charge on any atom is -0.497 e. The molecule has 7 N–H and O–H groups in total. The third-order valence-electron chi connectivity index (χ3n) is 23.4. The number of methoxy groups -OCH3 is 1. The summed E-state index contributed by atoms with van der Waals surface area (Å²) >= 11 is 23.0. The number of rotatable bonds is 36. The molecule has 140 heavy (non-hydrogen) atoms. The summed E-state index contributed by atoms with van der Waals surface area (Å²) in [6.07, 6.45) is 19.4. The van der Waals surface area contributed by atoms with Crippen LogP contribution in [0.5, 0.6) is 11.5 Å². The number of halogens is 3. The van der Waals surface area contributed by atoms with Gasteiger partial charge in [-0.05, 0) is 227 Å². The normalized spacial score (nSPS) is 14.9. The first-order chi connectivity index (χ1) is 66.9. The standard InChI is InChI=1S/C26H35N3O4S2.C26H34N2O3S2.C25H32ClN3O3S2.C18H21NO2.C13H9Cl2NO/c1-6-8-9-19(7-2)17-34-23-12-10-18(3)14-21(23)28-26(30)16-25-27-22-15-20(33-5)11-13-24(22)35(31,32)29(25)4;1-5-7-10-20(6-2)18-32-24-14-13-19(3)15-23(24)27-26(29)17-22-16-21-11-8-9-12-25(21)33(30,31)28(22)4;1-5-7-8-18(6-2)16-33-22-11-9-17(3)13-20(22)28-25(30)15-24-27-21-14-19(26)10-12-23(21)34(31,32)29(24)4;1-14-9-10-17(15(2)13-14)21-12-6-11-19-18(20)16-7-4-3-5-8-16;14-10-6-9(7-11(15)8-10)13(17)16-12-4-2-1-3-5-12/h10-16,19,27H,6-9,17H2,1-5H3,(H,28,30);8-9,11-15,17,20H,5-7,10,16,18H2,1-4H3,(H,27,29);9-15,18,27H,5-8,16H2,1-4H3,(H,28,30);3-5,7-10,13H,6,11-12H2,1-2H3,(H,19,20);1-8H,(H,16,17)/b25-16-;22-17-;24-15-;;. The second-order valence-corrected chi connectivity index (χ2v) is 44.7. The molecular weight excluding hydrogens is 1940 g/mol. The van der Waals surface area contributed by atoms with Crippen molar-refractivity contribution in [2.24, 2.45) is 17.8 Å². The van der Waals surface area contributed by atoms with E-state index in [4.69, 9.17) is 44.3 Å². The van der Waals surface area contributed by atoms with Crippen molar-refractivity contribution in [1.82, 2.24) is 18.2 Å². The SMILES string of the molecule is CCCCC(CC)CSc1ccc(C)cc1NC(=O)/C=C1/Cc2ccccc2S(=O)(=O)N1C.CCCCC(CC)CSc1ccc(C)cc1NC(=O)/C=C1/Nc2cc(Cl)ccc2S(=O)(=O)N1C.CCCCC(CC)CSc1ccc(C)cc1NC(=O)/C=C1/Nc2cc(OC)ccc2S(=O)(=O)N1C.Cc1ccc(OCCCNC(=O)c2ccccc2)c(C)c1.O=C(Nc1ccccc1)c1cc(Cl)cc(Cl)c1. The smallest absolute Gasteiger partial charge is 0.267 e. The number of benzene rings is 10. The van der Waals surface area contributed by atoms with Crippen LogP contribution in [0.3, 0.4) is 0 Å². The maximum atomic E-state index is 13.0. The van der Waals surface area contributed by atoms with Crippen LogP contribution in [0.25, 0.3) is 0 Å². The molecule has 748 valence electrons. The Morgan fingerprint density at radius 1 is 0.429 bits per heavy atom. The van der Waals surface area contributed by atoms with Crippen molar-refractivity contribution in [3.63, 3.8) is 0 Å². The van der Waals surface area contributed by atoms with E-state index in [1.807, 2.05) is 149 Å². The van der Waals surface area contributed by atoms with E-state index in [0.29, 0.717) is 96.8 Å². The summed E-state index contributed by atoms with van der Waals surface area (Å²) in [6, 6.07) is 63.5. The molecule has 3 aliphatic rings. The fourth-order valence-electron chi connectivity index (χ4n) is 15.0. The first-order valence-electron chi connectivity index (χ1n) is 47.1. The number of likely N-dealkylation sites (N-methyl/N-ethyl adjacent to an activating group) is 1. The average molecular weight is 2080 g/mol. The number of amides is 5. The highest BCUT2D eigenvalue weighted by Gasteiger charge is 2.36. The molecule has 0 aliphatic carbocycles. The highest BCUT2D eigenvalue weighted by molar-refractivity contribution is 8.00. The molecule has 23 nitrogen and oxygen atoms in total. The number of aryl methyl sites for hydroxylation is 5. The number of carbonyl (C=O) groups is 5. The van der Waals surface area contributed by atoms with Gasteiger partial charge in [-0.25, -0.2) is 25.3 Å². The van der Waals surface area contributed by atoms with Gasteiger partial charge in [0.2, 0.25) is 5.91 Å². The average Bonchev–Trinajstić information content (AvgIpc) is 0.766. The number of carbonyl (C=O) groups excluding carboxylic acids is 5. The van der Waals surface area contributed by atoms with Crippen LogP contribution in [-0.2, 0) is 50.9 Å². The Kier molecular flexibility index (Phi) is 44.7. The number of thioether (sulfide) groups is 3. The van der Waals surface area contributed by atoms with E-state index in [0.717, 1.165) is 117 Å². The zero-order valence-electron chi connectivity index (χ0n) is 82.3. The summed E-state index contributed by atoms with van der Waals surface area (Å²) in [5.74, 6) is 5.24. The van der Waals surface area contributed by atoms with Gasteiger partial charge in [-0.15, -0.1) is 35.3 Å². The van der Waals surface area contributed by atoms with Crippen molar-refractivity contribution in [2.75, 3.05) is 90.6 Å². The van der Waals surface area contributed by atoms with Crippen molar-refractivity contribution >= 4 is 164 Å². The third kappa shape index (κ3) is 33.7. The Morgan fingerprint density at radius 3 is 1.32 bits per heavy atom. The van der Waals surface area contributed by atoms with Gasteiger partial charge in [0.15, 0.2) is 0 Å². The maximum absolute atomic E-state index is 13.0. The molecule has 5 amide bonds. The maximum Gasteiger partial charge on any atom is 0.267 e. The monoisotopic (exact) mass is 2070 g/mol. The highest BCUT2D eigenvalue weighted by Crippen LogP contribution is 2.41. The van der Waals surface area contributed by atoms with E-state index in [2.05, 4.69) is 104 Å². The van der Waals surface area contributed by atoms with Crippen LogP contribution < -0.4 is 46.7 Å². The Morgan fingerprint density at radius 2 is 0.857 bits per heavy atom. The van der Waals surface area contributed by atoms with E-state index in [1.165, 1.54) is 138 Å². The van der Waals surface area contributed by atoms with Crippen LogP contribution in [-0.4, -0.2) is 126 Å². The fraction of sp³-hybridized carbons (Fsp3) is 0.343. The largest absolute Gasteiger partial charge is 0.497 e. The third-order valence-corrected chi connectivity index (χ3v) is 33.6. The predicted octanol–water partition coefficient (Wildman–Crippen LogP) is 26.1. The Hall–Kier alpha value is -10.9. The predicted molar refractivity (Wildman–Crippen MR) is 578 cm³/mol. The molecule has 3 aliphatic heterocycles. The summed E-state index contributed by atoms with van der Waals surface area (Å²) in [7, 11) is -5.39. The number of allylic oxidation sites excluding steroid dienone is 1. The lowest BCUT2D eigenvalue weighted by Crippen LogP contribution is -2.35. The van der Waals surface area contributed by atoms with Gasteiger partial charge in [-0.1, -0.05) is 225 Å². The first-order valence-corrected chi connectivity index (χ1v) is 55.5. The Labute approximate surface area is 856 Å². The van der Waals surface area contributed by atoms with Crippen LogP contribution in [0.1, 0.15) is 179 Å². The van der Waals surface area contributed by atoms with Gasteiger partial charge in [0.1, 0.15) is 32.9 Å². The molecule has 0 fully saturated rings. The van der Waals surface area contributed by atoms with Crippen LogP contribution >= 0.6 is 70.1 Å². The molecule has 13 rings (SSSR count). The number of nitrogens with zero attached hydrogens (tertiary/aromatic N) is 3. The molecule has 10 aromatic rings. The second kappa shape index (κ2) is 55.5. The summed E-state index contributed by atoms with van der Waals surface area (Å²) in [5.41, 5.74) is 11.5. The van der Waals surface area contributed by atoms with Crippen LogP contribution in [0.15, 0.2) is 277 Å². The number of anilines is 6. The van der Waals surface area contributed by atoms with Gasteiger partial charge in [0.25, 0.3) is 53.7 Å². The molecular formula is C108H131Cl3N10O13S6. The van der Waals surface area contributed by atoms with Gasteiger partial charge in [-0.2, -0.15) is 0 Å². The van der Waals surface area contributed by atoms with E-state index >= 15 is 0 Å². The van der Waals surface area contributed by atoms with Gasteiger partial charge in [-0.3, -0.25) is 36.9 Å². The van der Waals surface area contributed by atoms with E-state index in [1.54, 1.807) is 83.8 Å². The van der Waals surface area contributed by atoms with Crippen molar-refractivity contribution in [3.05, 3.63) is 307 Å². The summed E-state index contributed by atoms with van der Waals surface area (Å²) in [5, 5.41) is 21.9. The van der Waals surface area contributed by atoms with Crippen molar-refractivity contribution < 1.29 is 58.7 Å². The summed E-state index contributed by atoms with van der Waals surface area (Å²) in [6.45, 7) is 24.6. The van der Waals surface area contributed by atoms with Gasteiger partial charge in [0.05, 0.1) is 47.0 Å². The molecule has 0 saturated heterocycles. The second-order valence-electron chi connectivity index (χ2n) is 34.4. The number of para-hydroxylation sites is 1. The number of sulfonamides is 3. The number of hydrogen-bond donors (Lipinski definition) is 7. The lowest BCUT2D eigenvalue weighted by molar-refractivity contribution is -0.112. The Balaban J connectivity index is 0.000000200. The van der Waals surface area contributed by atoms with Crippen LogP contribution in [0.4, 0.5) is 34.1 Å². The van der Waals surface area contributed by atoms with Crippen molar-refractivity contribution in [3.8, 4) is 11.5 Å². The van der Waals surface area contributed by atoms with Crippen LogP contribution in [0, 0.1) is 52.4 Å². The van der Waals surface area contributed by atoms with Crippen LogP contribution in [0.2, 0.25) is 15.1 Å². The molecule has 3 atom stereocenters. The molecule has 0 bridgehead atoms. The minimum atomic E-state index is -3.79. The molecule has 10 aromatic carbocycles. The van der Waals surface area contributed by atoms with Crippen molar-refractivity contribution in [1.29, 1.82) is 0 Å². The number of hydrogen-bond acceptors (Lipinski definition) is 18. The highest BCUT2D eigenvalue weighted by atomic mass is 35.5. The lowest BCUT2D eigenvalue weighted by atomic mass is 10.0. The number of ether oxygens (including phenoxy) is 2. The molecule has 3 unspecified atom stereocenters.